The molecule has 0 bridgehead atoms. The molecule has 0 fully saturated rings. The van der Waals surface area contributed by atoms with Crippen molar-refractivity contribution in [2.24, 2.45) is 11.3 Å². The summed E-state index contributed by atoms with van der Waals surface area (Å²) in [5.74, 6) is 0.179. The molecule has 6 heteroatoms. The van der Waals surface area contributed by atoms with Gasteiger partial charge in [-0.05, 0) is 30.6 Å². The highest BCUT2D eigenvalue weighted by Crippen LogP contribution is 2.45. The Kier molecular flexibility index (Phi) is 8.53. The van der Waals surface area contributed by atoms with Crippen LogP contribution in [0.4, 0.5) is 0 Å². The Morgan fingerprint density at radius 1 is 1.15 bits per heavy atom. The first-order valence-electron chi connectivity index (χ1n) is 7.24. The monoisotopic (exact) mass is 310 g/mol. The van der Waals surface area contributed by atoms with Gasteiger partial charge in [-0.2, -0.15) is 0 Å². The largest absolute Gasteiger partial charge is 0.394 e. The first kappa shape index (κ1) is 20.1. The number of hydrogen-bond acceptors (Lipinski definition) is 4. The fourth-order valence-electron chi connectivity index (χ4n) is 2.55. The van der Waals surface area contributed by atoms with E-state index in [0.29, 0.717) is 12.6 Å². The second-order valence-corrected chi connectivity index (χ2v) is 9.59. The molecule has 0 saturated heterocycles. The average Bonchev–Trinajstić information content (AvgIpc) is 2.23. The molecule has 0 aromatic rings. The van der Waals surface area contributed by atoms with Gasteiger partial charge in [0.2, 0.25) is 7.37 Å². The lowest BCUT2D eigenvalue weighted by molar-refractivity contribution is -0.0177. The van der Waals surface area contributed by atoms with Crippen LogP contribution in [0.1, 0.15) is 47.0 Å². The van der Waals surface area contributed by atoms with Crippen molar-refractivity contribution in [2.45, 2.75) is 59.2 Å². The van der Waals surface area contributed by atoms with E-state index in [1.165, 1.54) is 0 Å². The smallest absolute Gasteiger partial charge is 0.200 e. The Morgan fingerprint density at radius 2 is 1.70 bits per heavy atom. The topological polar surface area (TPSA) is 98.0 Å². The van der Waals surface area contributed by atoms with E-state index in [-0.39, 0.29) is 23.9 Å². The Balaban J connectivity index is 4.10. The Morgan fingerprint density at radius 3 is 2.15 bits per heavy atom. The van der Waals surface area contributed by atoms with Crippen LogP contribution < -0.4 is 0 Å². The maximum atomic E-state index is 12.1. The number of aliphatic hydroxyl groups excluding tert-OH is 3. The Bertz CT molecular complexity index is 313. The van der Waals surface area contributed by atoms with E-state index < -0.39 is 26.2 Å². The molecule has 20 heavy (non-hydrogen) atoms. The van der Waals surface area contributed by atoms with Crippen molar-refractivity contribution >= 4 is 7.37 Å². The van der Waals surface area contributed by atoms with E-state index >= 15 is 0 Å². The van der Waals surface area contributed by atoms with Gasteiger partial charge in [0.25, 0.3) is 0 Å². The normalized spacial score (nSPS) is 20.2. The first-order chi connectivity index (χ1) is 8.97. The van der Waals surface area contributed by atoms with Crippen LogP contribution in [0.25, 0.3) is 0 Å². The SMILES string of the molecule is CC(CC(C)(C)C)CP(=O)(O)CCCC(O)C(O)CO. The van der Waals surface area contributed by atoms with Crippen LogP contribution in [0, 0.1) is 11.3 Å². The van der Waals surface area contributed by atoms with Crippen molar-refractivity contribution in [1.29, 1.82) is 0 Å². The van der Waals surface area contributed by atoms with Gasteiger partial charge in [0.05, 0.1) is 12.7 Å². The molecule has 0 aliphatic rings. The molecule has 0 aromatic carbocycles. The van der Waals surface area contributed by atoms with Gasteiger partial charge >= 0.3 is 0 Å². The van der Waals surface area contributed by atoms with E-state index in [2.05, 4.69) is 20.8 Å². The highest BCUT2D eigenvalue weighted by atomic mass is 31.2. The van der Waals surface area contributed by atoms with Gasteiger partial charge in [0.1, 0.15) is 6.10 Å². The quantitative estimate of drug-likeness (QED) is 0.487. The van der Waals surface area contributed by atoms with Crippen molar-refractivity contribution in [2.75, 3.05) is 18.9 Å². The Hall–Kier alpha value is 0.0700. The van der Waals surface area contributed by atoms with Gasteiger partial charge in [0, 0.05) is 12.3 Å². The predicted octanol–water partition coefficient (Wildman–Crippen LogP) is 1.82. The third-order valence-corrected chi connectivity index (χ3v) is 5.41. The first-order valence-corrected chi connectivity index (χ1v) is 9.27. The summed E-state index contributed by atoms with van der Waals surface area (Å²) < 4.78 is 12.1. The molecule has 0 heterocycles. The lowest BCUT2D eigenvalue weighted by Gasteiger charge is -2.25. The fourth-order valence-corrected chi connectivity index (χ4v) is 4.51. The van der Waals surface area contributed by atoms with Crippen molar-refractivity contribution < 1.29 is 24.8 Å². The number of hydrogen-bond donors (Lipinski definition) is 4. The Labute approximate surface area is 122 Å². The van der Waals surface area contributed by atoms with Crippen LogP contribution in [-0.2, 0) is 4.57 Å². The van der Waals surface area contributed by atoms with Crippen LogP contribution in [0.15, 0.2) is 0 Å². The van der Waals surface area contributed by atoms with E-state index in [1.807, 2.05) is 6.92 Å². The molecule has 0 amide bonds. The minimum Gasteiger partial charge on any atom is -0.394 e. The van der Waals surface area contributed by atoms with Gasteiger partial charge in [0.15, 0.2) is 0 Å². The maximum Gasteiger partial charge on any atom is 0.200 e. The molecule has 0 radical (unpaired) electrons. The molecule has 0 rings (SSSR count). The molecule has 122 valence electrons. The number of aliphatic hydroxyl groups is 3. The van der Waals surface area contributed by atoms with E-state index in [4.69, 9.17) is 5.11 Å². The van der Waals surface area contributed by atoms with Crippen LogP contribution in [0.2, 0.25) is 0 Å². The summed E-state index contributed by atoms with van der Waals surface area (Å²) in [6, 6.07) is 0. The maximum absolute atomic E-state index is 12.1. The number of rotatable bonds is 9. The van der Waals surface area contributed by atoms with Gasteiger partial charge in [-0.1, -0.05) is 27.7 Å². The highest BCUT2D eigenvalue weighted by Gasteiger charge is 2.25. The summed E-state index contributed by atoms with van der Waals surface area (Å²) in [6.45, 7) is 7.81. The van der Waals surface area contributed by atoms with Crippen molar-refractivity contribution in [3.63, 3.8) is 0 Å². The lowest BCUT2D eigenvalue weighted by Crippen LogP contribution is -2.29. The van der Waals surface area contributed by atoms with Gasteiger partial charge in [-0.25, -0.2) is 0 Å². The standard InChI is InChI=1S/C14H31O5P/c1-11(8-14(2,3)4)10-20(18,19)7-5-6-12(16)13(17)9-15/h11-13,15-17H,5-10H2,1-4H3,(H,18,19). The van der Waals surface area contributed by atoms with Crippen LogP contribution in [0.3, 0.4) is 0 Å². The molecular weight excluding hydrogens is 279 g/mol. The summed E-state index contributed by atoms with van der Waals surface area (Å²) in [4.78, 5) is 9.95. The van der Waals surface area contributed by atoms with Gasteiger partial charge < -0.3 is 20.2 Å². The summed E-state index contributed by atoms with van der Waals surface area (Å²) in [6.07, 6.45) is -0.281. The van der Waals surface area contributed by atoms with Crippen LogP contribution >= 0.6 is 7.37 Å². The summed E-state index contributed by atoms with van der Waals surface area (Å²) in [5.41, 5.74) is 0.140. The zero-order valence-corrected chi connectivity index (χ0v) is 14.0. The third-order valence-electron chi connectivity index (χ3n) is 3.20. The van der Waals surface area contributed by atoms with Crippen molar-refractivity contribution in [3.05, 3.63) is 0 Å². The van der Waals surface area contributed by atoms with E-state index in [1.54, 1.807) is 0 Å². The summed E-state index contributed by atoms with van der Waals surface area (Å²) in [5, 5.41) is 27.3. The van der Waals surface area contributed by atoms with E-state index in [0.717, 1.165) is 6.42 Å². The van der Waals surface area contributed by atoms with E-state index in [9.17, 15) is 19.7 Å². The minimum atomic E-state index is -3.18. The van der Waals surface area contributed by atoms with Crippen molar-refractivity contribution in [1.82, 2.24) is 0 Å². The zero-order chi connectivity index (χ0) is 16.0. The third kappa shape index (κ3) is 9.89. The second-order valence-electron chi connectivity index (χ2n) is 7.08. The summed E-state index contributed by atoms with van der Waals surface area (Å²) in [7, 11) is -3.18. The molecule has 0 aliphatic heterocycles. The second kappa shape index (κ2) is 8.50. The molecular formula is C14H31O5P. The van der Waals surface area contributed by atoms with Crippen LogP contribution in [0.5, 0.6) is 0 Å². The predicted molar refractivity (Wildman–Crippen MR) is 81.1 cm³/mol. The average molecular weight is 310 g/mol. The zero-order valence-electron chi connectivity index (χ0n) is 13.1. The fraction of sp³-hybridized carbons (Fsp3) is 1.00. The van der Waals surface area contributed by atoms with Gasteiger partial charge in [-0.15, -0.1) is 0 Å². The van der Waals surface area contributed by atoms with Crippen molar-refractivity contribution in [3.8, 4) is 0 Å². The molecule has 5 nitrogen and oxygen atoms in total. The minimum absolute atomic E-state index is 0.140. The molecule has 4 atom stereocenters. The van der Waals surface area contributed by atoms with Crippen LogP contribution in [-0.4, -0.2) is 51.4 Å². The molecule has 4 unspecified atom stereocenters. The van der Waals surface area contributed by atoms with Gasteiger partial charge in [-0.3, -0.25) is 4.57 Å². The lowest BCUT2D eigenvalue weighted by atomic mass is 9.86. The molecule has 0 saturated carbocycles. The summed E-state index contributed by atoms with van der Waals surface area (Å²) >= 11 is 0. The highest BCUT2D eigenvalue weighted by molar-refractivity contribution is 7.57. The molecule has 0 aromatic heterocycles. The molecule has 0 spiro atoms. The molecule has 4 N–H and O–H groups in total. The molecule has 0 aliphatic carbocycles.